The fourth-order valence-electron chi connectivity index (χ4n) is 1.94. The maximum atomic E-state index is 13.6. The van der Waals surface area contributed by atoms with Gasteiger partial charge in [0.05, 0.1) is 5.52 Å². The van der Waals surface area contributed by atoms with E-state index < -0.39 is 29.2 Å². The summed E-state index contributed by atoms with van der Waals surface area (Å²) in [5.41, 5.74) is -0.0990. The average Bonchev–Trinajstić information content (AvgIpc) is 2.50. The van der Waals surface area contributed by atoms with Gasteiger partial charge in [0.15, 0.2) is 0 Å². The van der Waals surface area contributed by atoms with Crippen molar-refractivity contribution in [3.05, 3.63) is 60.1 Å². The van der Waals surface area contributed by atoms with Crippen LogP contribution >= 0.6 is 0 Å². The molecule has 3 aromatic rings. The second-order valence-electron chi connectivity index (χ2n) is 4.20. The molecule has 0 saturated heterocycles. The van der Waals surface area contributed by atoms with Crippen molar-refractivity contribution in [3.8, 4) is 0 Å². The van der Waals surface area contributed by atoms with Gasteiger partial charge in [-0.25, -0.2) is 0 Å². The number of hydrogen-bond acceptors (Lipinski definition) is 3. The standard InChI is InChI=1S/C14H7F4N3/c15-10-12(11(16)14(18)21-13(10)17)20-9-5-1-4-8-7(9)3-2-6-19-8/h1-6H,(H,20,21). The zero-order valence-corrected chi connectivity index (χ0v) is 10.4. The summed E-state index contributed by atoms with van der Waals surface area (Å²) in [7, 11) is 0. The van der Waals surface area contributed by atoms with Gasteiger partial charge in [0, 0.05) is 17.3 Å². The molecular weight excluding hydrogens is 286 g/mol. The maximum absolute atomic E-state index is 13.6. The van der Waals surface area contributed by atoms with Crippen molar-refractivity contribution < 1.29 is 17.6 Å². The van der Waals surface area contributed by atoms with E-state index in [1.165, 1.54) is 6.07 Å². The molecule has 106 valence electrons. The molecule has 0 amide bonds. The van der Waals surface area contributed by atoms with Gasteiger partial charge in [-0.1, -0.05) is 6.07 Å². The van der Waals surface area contributed by atoms with Gasteiger partial charge < -0.3 is 5.32 Å². The lowest BCUT2D eigenvalue weighted by Crippen LogP contribution is -2.06. The Hall–Kier alpha value is -2.70. The summed E-state index contributed by atoms with van der Waals surface area (Å²) in [6.07, 6.45) is 1.55. The minimum atomic E-state index is -1.71. The van der Waals surface area contributed by atoms with Crippen LogP contribution in [0.5, 0.6) is 0 Å². The molecule has 1 aromatic carbocycles. The Bertz CT molecular complexity index is 804. The second-order valence-corrected chi connectivity index (χ2v) is 4.20. The van der Waals surface area contributed by atoms with Crippen LogP contribution in [0.4, 0.5) is 28.9 Å². The Kier molecular flexibility index (Phi) is 3.17. The third-order valence-electron chi connectivity index (χ3n) is 2.90. The highest BCUT2D eigenvalue weighted by molar-refractivity contribution is 5.93. The summed E-state index contributed by atoms with van der Waals surface area (Å²) in [4.78, 5) is 6.58. The van der Waals surface area contributed by atoms with Crippen LogP contribution in [0.15, 0.2) is 36.5 Å². The molecule has 2 heterocycles. The molecule has 0 fully saturated rings. The minimum Gasteiger partial charge on any atom is -0.350 e. The fraction of sp³-hybridized carbons (Fsp3) is 0. The Balaban J connectivity index is 2.16. The van der Waals surface area contributed by atoms with E-state index in [9.17, 15) is 17.6 Å². The van der Waals surface area contributed by atoms with E-state index in [-0.39, 0.29) is 5.69 Å². The average molecular weight is 293 g/mol. The first kappa shape index (κ1) is 13.3. The van der Waals surface area contributed by atoms with Gasteiger partial charge in [0.25, 0.3) is 11.9 Å². The molecule has 3 rings (SSSR count). The highest BCUT2D eigenvalue weighted by Gasteiger charge is 2.21. The number of pyridine rings is 2. The molecule has 0 saturated carbocycles. The van der Waals surface area contributed by atoms with Crippen LogP contribution in [0, 0.1) is 23.5 Å². The van der Waals surface area contributed by atoms with Crippen molar-refractivity contribution in [1.82, 2.24) is 9.97 Å². The van der Waals surface area contributed by atoms with Crippen LogP contribution in [0.1, 0.15) is 0 Å². The summed E-state index contributed by atoms with van der Waals surface area (Å²) < 4.78 is 53.4. The molecule has 2 aromatic heterocycles. The predicted octanol–water partition coefficient (Wildman–Crippen LogP) is 3.93. The summed E-state index contributed by atoms with van der Waals surface area (Å²) in [6.45, 7) is 0. The Labute approximate surface area is 116 Å². The Morgan fingerprint density at radius 2 is 1.57 bits per heavy atom. The SMILES string of the molecule is Fc1nc(F)c(F)c(Nc2cccc3ncccc23)c1F. The molecule has 0 radical (unpaired) electrons. The Morgan fingerprint density at radius 1 is 0.857 bits per heavy atom. The molecular formula is C14H7F4N3. The quantitative estimate of drug-likeness (QED) is 0.574. The minimum absolute atomic E-state index is 0.267. The first-order valence-electron chi connectivity index (χ1n) is 5.88. The topological polar surface area (TPSA) is 37.8 Å². The number of nitrogens with one attached hydrogen (secondary N) is 1. The maximum Gasteiger partial charge on any atom is 0.253 e. The summed E-state index contributed by atoms with van der Waals surface area (Å²) in [5, 5.41) is 2.91. The third-order valence-corrected chi connectivity index (χ3v) is 2.90. The van der Waals surface area contributed by atoms with Gasteiger partial charge in [0.1, 0.15) is 5.69 Å². The fourth-order valence-corrected chi connectivity index (χ4v) is 1.94. The van der Waals surface area contributed by atoms with E-state index in [0.29, 0.717) is 10.9 Å². The number of halogens is 4. The zero-order valence-electron chi connectivity index (χ0n) is 10.4. The lowest BCUT2D eigenvalue weighted by Gasteiger charge is -2.11. The van der Waals surface area contributed by atoms with Gasteiger partial charge in [-0.2, -0.15) is 22.5 Å². The van der Waals surface area contributed by atoms with Crippen LogP contribution in [-0.4, -0.2) is 9.97 Å². The van der Waals surface area contributed by atoms with E-state index in [1.54, 1.807) is 30.5 Å². The molecule has 0 unspecified atom stereocenters. The molecule has 3 nitrogen and oxygen atoms in total. The number of anilines is 2. The van der Waals surface area contributed by atoms with Gasteiger partial charge in [-0.3, -0.25) is 4.98 Å². The van der Waals surface area contributed by atoms with Crippen molar-refractivity contribution >= 4 is 22.3 Å². The largest absolute Gasteiger partial charge is 0.350 e. The first-order chi connectivity index (χ1) is 10.1. The van der Waals surface area contributed by atoms with Crippen LogP contribution in [-0.2, 0) is 0 Å². The molecule has 0 spiro atoms. The highest BCUT2D eigenvalue weighted by Crippen LogP contribution is 2.29. The lowest BCUT2D eigenvalue weighted by atomic mass is 10.1. The number of aromatic nitrogens is 2. The summed E-state index contributed by atoms with van der Waals surface area (Å²) in [6, 6.07) is 8.10. The van der Waals surface area contributed by atoms with Gasteiger partial charge in [-0.05, 0) is 24.3 Å². The molecule has 21 heavy (non-hydrogen) atoms. The number of benzene rings is 1. The van der Waals surface area contributed by atoms with Crippen molar-refractivity contribution in [2.24, 2.45) is 0 Å². The van der Waals surface area contributed by atoms with Crippen molar-refractivity contribution in [2.45, 2.75) is 0 Å². The summed E-state index contributed by atoms with van der Waals surface area (Å²) in [5.74, 6) is -6.60. The molecule has 0 aliphatic heterocycles. The zero-order chi connectivity index (χ0) is 15.0. The third kappa shape index (κ3) is 2.26. The highest BCUT2D eigenvalue weighted by atomic mass is 19.2. The molecule has 7 heteroatoms. The smallest absolute Gasteiger partial charge is 0.253 e. The number of hydrogen-bond donors (Lipinski definition) is 1. The summed E-state index contributed by atoms with van der Waals surface area (Å²) >= 11 is 0. The van der Waals surface area contributed by atoms with E-state index in [4.69, 9.17) is 0 Å². The van der Waals surface area contributed by atoms with Crippen LogP contribution in [0.2, 0.25) is 0 Å². The van der Waals surface area contributed by atoms with Crippen molar-refractivity contribution in [1.29, 1.82) is 0 Å². The van der Waals surface area contributed by atoms with Crippen molar-refractivity contribution in [3.63, 3.8) is 0 Å². The van der Waals surface area contributed by atoms with Crippen LogP contribution < -0.4 is 5.32 Å². The number of nitrogens with zero attached hydrogens (tertiary/aromatic N) is 2. The molecule has 0 aliphatic rings. The monoisotopic (exact) mass is 293 g/mol. The van der Waals surface area contributed by atoms with E-state index in [2.05, 4.69) is 15.3 Å². The van der Waals surface area contributed by atoms with Crippen LogP contribution in [0.3, 0.4) is 0 Å². The van der Waals surface area contributed by atoms with E-state index in [1.807, 2.05) is 0 Å². The molecule has 0 bridgehead atoms. The van der Waals surface area contributed by atoms with E-state index in [0.717, 1.165) is 0 Å². The van der Waals surface area contributed by atoms with E-state index >= 15 is 0 Å². The van der Waals surface area contributed by atoms with Gasteiger partial charge >= 0.3 is 0 Å². The van der Waals surface area contributed by atoms with Crippen LogP contribution in [0.25, 0.3) is 10.9 Å². The normalized spacial score (nSPS) is 10.9. The predicted molar refractivity (Wildman–Crippen MR) is 69.1 cm³/mol. The molecule has 0 atom stereocenters. The number of rotatable bonds is 2. The van der Waals surface area contributed by atoms with Gasteiger partial charge in [0.2, 0.25) is 11.6 Å². The number of fused-ring (bicyclic) bond motifs is 1. The first-order valence-corrected chi connectivity index (χ1v) is 5.88. The second kappa shape index (κ2) is 5.01. The molecule has 0 aliphatic carbocycles. The lowest BCUT2D eigenvalue weighted by molar-refractivity contribution is 0.411. The van der Waals surface area contributed by atoms with Gasteiger partial charge in [-0.15, -0.1) is 0 Å². The Morgan fingerprint density at radius 3 is 2.29 bits per heavy atom. The van der Waals surface area contributed by atoms with Crippen molar-refractivity contribution in [2.75, 3.05) is 5.32 Å². The molecule has 1 N–H and O–H groups in total.